The monoisotopic (exact) mass is 359 g/mol. The van der Waals surface area contributed by atoms with Gasteiger partial charge >= 0.3 is 5.97 Å². The minimum atomic E-state index is -0.943. The number of esters is 1. The molecule has 1 aromatic heterocycles. The smallest absolute Gasteiger partial charge is 0.331 e. The third-order valence-corrected chi connectivity index (χ3v) is 4.18. The van der Waals surface area contributed by atoms with E-state index in [1.165, 1.54) is 13.3 Å². The summed E-state index contributed by atoms with van der Waals surface area (Å²) in [5.41, 5.74) is -0.578. The Kier molecular flexibility index (Phi) is 5.65. The summed E-state index contributed by atoms with van der Waals surface area (Å²) < 4.78 is 5.28. The lowest BCUT2D eigenvalue weighted by molar-refractivity contribution is -0.385. The molecule has 8 heteroatoms. The van der Waals surface area contributed by atoms with Crippen LogP contribution in [0.3, 0.4) is 0 Å². The first-order valence-corrected chi connectivity index (χ1v) is 7.22. The Balaban J connectivity index is 3.19. The first-order chi connectivity index (χ1) is 9.76. The van der Waals surface area contributed by atoms with Crippen LogP contribution in [-0.4, -0.2) is 28.5 Å². The molecule has 1 rings (SSSR count). The van der Waals surface area contributed by atoms with Gasteiger partial charge in [-0.2, -0.15) is 0 Å². The summed E-state index contributed by atoms with van der Waals surface area (Å²) in [5.74, 6) is -0.0338. The number of carbonyl (C=O) groups is 1. The lowest BCUT2D eigenvalue weighted by Crippen LogP contribution is -2.44. The van der Waals surface area contributed by atoms with Crippen LogP contribution in [0.5, 0.6) is 0 Å². The highest BCUT2D eigenvalue weighted by atomic mass is 79.9. The molecule has 0 aliphatic carbocycles. The third kappa shape index (κ3) is 3.69. The van der Waals surface area contributed by atoms with Gasteiger partial charge in [-0.25, -0.2) is 9.78 Å². The van der Waals surface area contributed by atoms with Gasteiger partial charge in [-0.1, -0.05) is 13.3 Å². The molecule has 1 heterocycles. The number of pyridine rings is 1. The van der Waals surface area contributed by atoms with Crippen molar-refractivity contribution in [2.75, 3.05) is 12.4 Å². The van der Waals surface area contributed by atoms with Gasteiger partial charge < -0.3 is 10.1 Å². The highest BCUT2D eigenvalue weighted by Crippen LogP contribution is 2.33. The Hall–Kier alpha value is -1.70. The topological polar surface area (TPSA) is 94.4 Å². The van der Waals surface area contributed by atoms with E-state index in [4.69, 9.17) is 4.74 Å². The summed E-state index contributed by atoms with van der Waals surface area (Å²) in [5, 5.41) is 13.9. The molecule has 0 amide bonds. The van der Waals surface area contributed by atoms with Gasteiger partial charge in [0.15, 0.2) is 0 Å². The average molecular weight is 360 g/mol. The summed E-state index contributed by atoms with van der Waals surface area (Å²) in [4.78, 5) is 26.4. The van der Waals surface area contributed by atoms with Gasteiger partial charge in [0.25, 0.3) is 5.69 Å². The van der Waals surface area contributed by atoms with Crippen LogP contribution in [0.4, 0.5) is 11.5 Å². The number of nitro groups is 1. The maximum atomic E-state index is 12.0. The van der Waals surface area contributed by atoms with Crippen LogP contribution in [-0.2, 0) is 9.53 Å². The number of methoxy groups -OCH3 is 1. The van der Waals surface area contributed by atoms with Crippen molar-refractivity contribution >= 4 is 33.4 Å². The van der Waals surface area contributed by atoms with E-state index in [1.807, 2.05) is 6.92 Å². The normalized spacial score (nSPS) is 13.4. The number of aromatic nitrogens is 1. The van der Waals surface area contributed by atoms with E-state index in [2.05, 4.69) is 26.2 Å². The number of hydrogen-bond donors (Lipinski definition) is 1. The molecule has 116 valence electrons. The second kappa shape index (κ2) is 6.84. The highest BCUT2D eigenvalue weighted by molar-refractivity contribution is 9.10. The van der Waals surface area contributed by atoms with Crippen LogP contribution in [0.25, 0.3) is 0 Å². The molecular formula is C13H18BrN3O4. The fourth-order valence-corrected chi connectivity index (χ4v) is 2.45. The first-order valence-electron chi connectivity index (χ1n) is 6.43. The fourth-order valence-electron chi connectivity index (χ4n) is 2.04. The first kappa shape index (κ1) is 17.4. The maximum absolute atomic E-state index is 12.0. The highest BCUT2D eigenvalue weighted by Gasteiger charge is 2.35. The number of halogens is 1. The molecule has 0 bridgehead atoms. The van der Waals surface area contributed by atoms with E-state index in [0.29, 0.717) is 22.3 Å². The van der Waals surface area contributed by atoms with E-state index in [1.54, 1.807) is 13.8 Å². The zero-order valence-corrected chi connectivity index (χ0v) is 14.0. The largest absolute Gasteiger partial charge is 0.467 e. The molecule has 1 unspecified atom stereocenters. The van der Waals surface area contributed by atoms with Crippen molar-refractivity contribution in [2.24, 2.45) is 0 Å². The van der Waals surface area contributed by atoms with Crippen molar-refractivity contribution in [1.29, 1.82) is 0 Å². The summed E-state index contributed by atoms with van der Waals surface area (Å²) in [6.07, 6.45) is 2.48. The number of hydrogen-bond acceptors (Lipinski definition) is 6. The number of nitrogens with zero attached hydrogens (tertiary/aromatic N) is 2. The molecule has 0 aromatic carbocycles. The van der Waals surface area contributed by atoms with E-state index in [9.17, 15) is 14.9 Å². The molecule has 1 N–H and O–H groups in total. The van der Waals surface area contributed by atoms with Crippen molar-refractivity contribution in [3.8, 4) is 0 Å². The Labute approximate surface area is 131 Å². The van der Waals surface area contributed by atoms with Crippen LogP contribution in [0.15, 0.2) is 10.7 Å². The predicted molar refractivity (Wildman–Crippen MR) is 82.3 cm³/mol. The zero-order valence-electron chi connectivity index (χ0n) is 12.4. The molecule has 0 saturated carbocycles. The standard InChI is InChI=1S/C13H18BrN3O4/c1-5-6-13(3,12(18)21-4)16-11-10(14)8(2)9(7-15-11)17(19)20/h7H,5-6H2,1-4H3,(H,15,16). The molecule has 0 aliphatic rings. The van der Waals surface area contributed by atoms with Crippen LogP contribution >= 0.6 is 15.9 Å². The van der Waals surface area contributed by atoms with E-state index in [0.717, 1.165) is 6.42 Å². The van der Waals surface area contributed by atoms with Crippen LogP contribution < -0.4 is 5.32 Å². The molecule has 0 radical (unpaired) electrons. The summed E-state index contributed by atoms with van der Waals surface area (Å²) in [6, 6.07) is 0. The molecule has 1 atom stereocenters. The van der Waals surface area contributed by atoms with E-state index < -0.39 is 16.4 Å². The summed E-state index contributed by atoms with van der Waals surface area (Å²) in [7, 11) is 1.32. The molecule has 1 aromatic rings. The van der Waals surface area contributed by atoms with Gasteiger partial charge in [-0.05, 0) is 36.2 Å². The predicted octanol–water partition coefficient (Wildman–Crippen LogP) is 3.20. The van der Waals surface area contributed by atoms with Crippen molar-refractivity contribution < 1.29 is 14.5 Å². The second-order valence-electron chi connectivity index (χ2n) is 4.89. The van der Waals surface area contributed by atoms with Crippen molar-refractivity contribution in [1.82, 2.24) is 4.98 Å². The molecule has 0 aliphatic heterocycles. The quantitative estimate of drug-likeness (QED) is 0.476. The molecule has 21 heavy (non-hydrogen) atoms. The molecular weight excluding hydrogens is 342 g/mol. The lowest BCUT2D eigenvalue weighted by Gasteiger charge is -2.28. The van der Waals surface area contributed by atoms with Crippen molar-refractivity contribution in [3.05, 3.63) is 26.3 Å². The van der Waals surface area contributed by atoms with E-state index in [-0.39, 0.29) is 5.69 Å². The zero-order chi connectivity index (χ0) is 16.2. The third-order valence-electron chi connectivity index (χ3n) is 3.21. The lowest BCUT2D eigenvalue weighted by atomic mass is 9.96. The van der Waals surface area contributed by atoms with Crippen LogP contribution in [0.2, 0.25) is 0 Å². The van der Waals surface area contributed by atoms with Gasteiger partial charge in [0.05, 0.1) is 16.5 Å². The number of nitrogens with one attached hydrogen (secondary N) is 1. The fraction of sp³-hybridized carbons (Fsp3) is 0.538. The minimum absolute atomic E-state index is 0.0808. The van der Waals surface area contributed by atoms with Crippen LogP contribution in [0.1, 0.15) is 32.3 Å². The Morgan fingerprint density at radius 2 is 2.24 bits per heavy atom. The van der Waals surface area contributed by atoms with Gasteiger partial charge in [0.1, 0.15) is 17.6 Å². The summed E-state index contributed by atoms with van der Waals surface area (Å²) >= 11 is 3.29. The van der Waals surface area contributed by atoms with Gasteiger partial charge in [0.2, 0.25) is 0 Å². The van der Waals surface area contributed by atoms with Gasteiger partial charge in [-0.3, -0.25) is 10.1 Å². The average Bonchev–Trinajstić information content (AvgIpc) is 2.43. The van der Waals surface area contributed by atoms with Crippen molar-refractivity contribution in [2.45, 2.75) is 39.2 Å². The molecule has 7 nitrogen and oxygen atoms in total. The van der Waals surface area contributed by atoms with E-state index >= 15 is 0 Å². The SMILES string of the molecule is CCCC(C)(Nc1ncc([N+](=O)[O-])c(C)c1Br)C(=O)OC. The summed E-state index contributed by atoms with van der Waals surface area (Å²) in [6.45, 7) is 5.28. The molecule has 0 spiro atoms. The maximum Gasteiger partial charge on any atom is 0.331 e. The van der Waals surface area contributed by atoms with Crippen molar-refractivity contribution in [3.63, 3.8) is 0 Å². The van der Waals surface area contributed by atoms with Gasteiger partial charge in [-0.15, -0.1) is 0 Å². The second-order valence-corrected chi connectivity index (χ2v) is 5.68. The number of ether oxygens (including phenoxy) is 1. The number of anilines is 1. The van der Waals surface area contributed by atoms with Crippen LogP contribution in [0, 0.1) is 17.0 Å². The number of carbonyl (C=O) groups excluding carboxylic acids is 1. The molecule has 0 saturated heterocycles. The van der Waals surface area contributed by atoms with Gasteiger partial charge in [0, 0.05) is 5.56 Å². The Morgan fingerprint density at radius 1 is 1.62 bits per heavy atom. The molecule has 0 fully saturated rings. The Bertz CT molecular complexity index is 565. The number of rotatable bonds is 6. The Morgan fingerprint density at radius 3 is 2.71 bits per heavy atom. The minimum Gasteiger partial charge on any atom is -0.467 e.